The van der Waals surface area contributed by atoms with Gasteiger partial charge in [-0.25, -0.2) is 0 Å². The van der Waals surface area contributed by atoms with E-state index in [4.69, 9.17) is 4.74 Å². The number of hydrogen-bond donors (Lipinski definition) is 2. The minimum absolute atomic E-state index is 0.172. The lowest BCUT2D eigenvalue weighted by molar-refractivity contribution is 0.0175. The molecule has 0 radical (unpaired) electrons. The minimum Gasteiger partial charge on any atom is -0.381 e. The van der Waals surface area contributed by atoms with Crippen molar-refractivity contribution in [2.45, 2.75) is 38.3 Å². The SMILES string of the molecule is CCCNc1ccc(C(=O)NC2CC(OC)C2)nn1. The van der Waals surface area contributed by atoms with Crippen LogP contribution in [0, 0.1) is 0 Å². The van der Waals surface area contributed by atoms with E-state index in [1.54, 1.807) is 19.2 Å². The molecule has 0 unspecified atom stereocenters. The lowest BCUT2D eigenvalue weighted by Crippen LogP contribution is -2.47. The van der Waals surface area contributed by atoms with Gasteiger partial charge in [0, 0.05) is 19.7 Å². The second-order valence-corrected chi connectivity index (χ2v) is 4.73. The second-order valence-electron chi connectivity index (χ2n) is 4.73. The number of hydrogen-bond acceptors (Lipinski definition) is 5. The van der Waals surface area contributed by atoms with Crippen molar-refractivity contribution in [3.8, 4) is 0 Å². The molecule has 0 aliphatic heterocycles. The van der Waals surface area contributed by atoms with Crippen LogP contribution < -0.4 is 10.6 Å². The number of carbonyl (C=O) groups excluding carboxylic acids is 1. The number of ether oxygens (including phenoxy) is 1. The maximum atomic E-state index is 11.9. The summed E-state index contributed by atoms with van der Waals surface area (Å²) in [5, 5.41) is 13.9. The summed E-state index contributed by atoms with van der Waals surface area (Å²) in [6, 6.07) is 3.65. The normalized spacial score (nSPS) is 21.6. The maximum absolute atomic E-state index is 11.9. The number of carbonyl (C=O) groups is 1. The lowest BCUT2D eigenvalue weighted by Gasteiger charge is -2.34. The summed E-state index contributed by atoms with van der Waals surface area (Å²) in [5.41, 5.74) is 0.350. The van der Waals surface area contributed by atoms with E-state index in [-0.39, 0.29) is 18.1 Å². The molecule has 104 valence electrons. The van der Waals surface area contributed by atoms with E-state index in [0.717, 1.165) is 25.8 Å². The lowest BCUT2D eigenvalue weighted by atomic mass is 9.89. The molecule has 0 spiro atoms. The molecule has 1 aromatic rings. The third kappa shape index (κ3) is 3.64. The van der Waals surface area contributed by atoms with Gasteiger partial charge in [-0.15, -0.1) is 10.2 Å². The molecule has 2 N–H and O–H groups in total. The van der Waals surface area contributed by atoms with Crippen molar-refractivity contribution >= 4 is 11.7 Å². The first-order valence-corrected chi connectivity index (χ1v) is 6.64. The van der Waals surface area contributed by atoms with Gasteiger partial charge in [0.1, 0.15) is 5.82 Å². The topological polar surface area (TPSA) is 76.1 Å². The second kappa shape index (κ2) is 6.47. The van der Waals surface area contributed by atoms with Crippen LogP contribution in [0.15, 0.2) is 12.1 Å². The zero-order chi connectivity index (χ0) is 13.7. The van der Waals surface area contributed by atoms with E-state index in [1.165, 1.54) is 0 Å². The molecule has 1 amide bonds. The monoisotopic (exact) mass is 264 g/mol. The summed E-state index contributed by atoms with van der Waals surface area (Å²) < 4.78 is 5.17. The molecule has 0 bridgehead atoms. The summed E-state index contributed by atoms with van der Waals surface area (Å²) in [5.74, 6) is 0.524. The van der Waals surface area contributed by atoms with Crippen molar-refractivity contribution in [3.63, 3.8) is 0 Å². The third-order valence-electron chi connectivity index (χ3n) is 3.22. The van der Waals surface area contributed by atoms with Crippen LogP contribution in [-0.2, 0) is 4.74 Å². The highest BCUT2D eigenvalue weighted by molar-refractivity contribution is 5.92. The average Bonchev–Trinajstić information content (AvgIpc) is 2.40. The number of aromatic nitrogens is 2. The van der Waals surface area contributed by atoms with Crippen molar-refractivity contribution in [2.75, 3.05) is 19.0 Å². The molecule has 1 saturated carbocycles. The standard InChI is InChI=1S/C13H20N4O2/c1-3-6-14-12-5-4-11(16-17-12)13(18)15-9-7-10(8-9)19-2/h4-5,9-10H,3,6-8H2,1-2H3,(H,14,17)(H,15,18). The van der Waals surface area contributed by atoms with E-state index in [2.05, 4.69) is 27.8 Å². The predicted molar refractivity (Wildman–Crippen MR) is 72.1 cm³/mol. The van der Waals surface area contributed by atoms with E-state index in [1.807, 2.05) is 0 Å². The Morgan fingerprint density at radius 2 is 2.21 bits per heavy atom. The Labute approximate surface area is 112 Å². The van der Waals surface area contributed by atoms with E-state index in [9.17, 15) is 4.79 Å². The Bertz CT molecular complexity index is 415. The van der Waals surface area contributed by atoms with Crippen molar-refractivity contribution in [3.05, 3.63) is 17.8 Å². The first-order chi connectivity index (χ1) is 9.22. The number of rotatable bonds is 6. The Morgan fingerprint density at radius 3 is 2.79 bits per heavy atom. The van der Waals surface area contributed by atoms with Crippen molar-refractivity contribution in [1.82, 2.24) is 15.5 Å². The highest BCUT2D eigenvalue weighted by atomic mass is 16.5. The van der Waals surface area contributed by atoms with Crippen LogP contribution in [0.5, 0.6) is 0 Å². The number of anilines is 1. The highest BCUT2D eigenvalue weighted by Gasteiger charge is 2.30. The summed E-state index contributed by atoms with van der Waals surface area (Å²) in [4.78, 5) is 11.9. The van der Waals surface area contributed by atoms with Gasteiger partial charge in [0.05, 0.1) is 6.10 Å². The number of nitrogens with one attached hydrogen (secondary N) is 2. The molecule has 2 rings (SSSR count). The van der Waals surface area contributed by atoms with Gasteiger partial charge in [-0.05, 0) is 31.4 Å². The fourth-order valence-corrected chi connectivity index (χ4v) is 1.94. The molecule has 6 nitrogen and oxygen atoms in total. The molecule has 0 aromatic carbocycles. The van der Waals surface area contributed by atoms with Gasteiger partial charge < -0.3 is 15.4 Å². The average molecular weight is 264 g/mol. The minimum atomic E-state index is -0.172. The quantitative estimate of drug-likeness (QED) is 0.807. The smallest absolute Gasteiger partial charge is 0.272 e. The summed E-state index contributed by atoms with van der Waals surface area (Å²) in [6.07, 6.45) is 3.03. The highest BCUT2D eigenvalue weighted by Crippen LogP contribution is 2.22. The first kappa shape index (κ1) is 13.7. The molecule has 1 fully saturated rings. The Morgan fingerprint density at radius 1 is 1.42 bits per heavy atom. The maximum Gasteiger partial charge on any atom is 0.272 e. The zero-order valence-corrected chi connectivity index (χ0v) is 11.3. The van der Waals surface area contributed by atoms with Crippen LogP contribution in [0.2, 0.25) is 0 Å². The molecule has 0 saturated heterocycles. The van der Waals surface area contributed by atoms with Crippen LogP contribution in [0.4, 0.5) is 5.82 Å². The summed E-state index contributed by atoms with van der Waals surface area (Å²) in [6.45, 7) is 2.93. The number of nitrogens with zero attached hydrogens (tertiary/aromatic N) is 2. The van der Waals surface area contributed by atoms with Gasteiger partial charge in [0.15, 0.2) is 5.69 Å². The van der Waals surface area contributed by atoms with Gasteiger partial charge in [-0.2, -0.15) is 0 Å². The molecule has 0 atom stereocenters. The first-order valence-electron chi connectivity index (χ1n) is 6.64. The molecule has 1 heterocycles. The van der Waals surface area contributed by atoms with Gasteiger partial charge in [0.25, 0.3) is 5.91 Å². The largest absolute Gasteiger partial charge is 0.381 e. The Hall–Kier alpha value is -1.69. The fourth-order valence-electron chi connectivity index (χ4n) is 1.94. The van der Waals surface area contributed by atoms with E-state index < -0.39 is 0 Å². The van der Waals surface area contributed by atoms with E-state index in [0.29, 0.717) is 11.5 Å². The zero-order valence-electron chi connectivity index (χ0n) is 11.3. The molecular weight excluding hydrogens is 244 g/mol. The van der Waals surface area contributed by atoms with Crippen molar-refractivity contribution < 1.29 is 9.53 Å². The van der Waals surface area contributed by atoms with Crippen molar-refractivity contribution in [1.29, 1.82) is 0 Å². The molecular formula is C13H20N4O2. The van der Waals surface area contributed by atoms with E-state index >= 15 is 0 Å². The Kier molecular flexibility index (Phi) is 4.68. The van der Waals surface area contributed by atoms with Crippen LogP contribution in [0.1, 0.15) is 36.7 Å². The van der Waals surface area contributed by atoms with Gasteiger partial charge >= 0.3 is 0 Å². The van der Waals surface area contributed by atoms with Crippen LogP contribution in [0.25, 0.3) is 0 Å². The molecule has 1 aliphatic rings. The van der Waals surface area contributed by atoms with Gasteiger partial charge in [0.2, 0.25) is 0 Å². The molecule has 6 heteroatoms. The van der Waals surface area contributed by atoms with Crippen molar-refractivity contribution in [2.24, 2.45) is 0 Å². The van der Waals surface area contributed by atoms with Gasteiger partial charge in [-0.1, -0.05) is 6.92 Å². The number of amides is 1. The molecule has 19 heavy (non-hydrogen) atoms. The van der Waals surface area contributed by atoms with Crippen LogP contribution in [-0.4, -0.2) is 41.9 Å². The van der Waals surface area contributed by atoms with Crippen LogP contribution >= 0.6 is 0 Å². The number of methoxy groups -OCH3 is 1. The molecule has 1 aliphatic carbocycles. The van der Waals surface area contributed by atoms with Crippen LogP contribution in [0.3, 0.4) is 0 Å². The predicted octanol–water partition coefficient (Wildman–Crippen LogP) is 1.21. The fraction of sp³-hybridized carbons (Fsp3) is 0.615. The summed E-state index contributed by atoms with van der Waals surface area (Å²) in [7, 11) is 1.69. The van der Waals surface area contributed by atoms with Gasteiger partial charge in [-0.3, -0.25) is 4.79 Å². The third-order valence-corrected chi connectivity index (χ3v) is 3.22. The Balaban J connectivity index is 1.82. The molecule has 1 aromatic heterocycles. The summed E-state index contributed by atoms with van der Waals surface area (Å²) >= 11 is 0.